The van der Waals surface area contributed by atoms with Gasteiger partial charge in [0.2, 0.25) is 0 Å². The largest absolute Gasteiger partial charge is 0.480 e. The molecule has 1 aliphatic rings. The molecule has 2 amide bonds. The van der Waals surface area contributed by atoms with Gasteiger partial charge in [0, 0.05) is 31.5 Å². The molecule has 2 heterocycles. The minimum Gasteiger partial charge on any atom is -0.480 e. The summed E-state index contributed by atoms with van der Waals surface area (Å²) in [6, 6.07) is 2.80. The van der Waals surface area contributed by atoms with Crippen LogP contribution in [0.4, 0.5) is 4.79 Å². The van der Waals surface area contributed by atoms with Gasteiger partial charge in [-0.1, -0.05) is 0 Å². The first-order chi connectivity index (χ1) is 10.0. The maximum atomic E-state index is 12.1. The average Bonchev–Trinajstić information content (AvgIpc) is 3.04. The highest BCUT2D eigenvalue weighted by Gasteiger charge is 2.39. The maximum absolute atomic E-state index is 12.1. The summed E-state index contributed by atoms with van der Waals surface area (Å²) in [6.07, 6.45) is 0.836. The molecule has 2 rings (SSSR count). The number of carbonyl (C=O) groups excluding carboxylic acids is 1. The van der Waals surface area contributed by atoms with Gasteiger partial charge in [-0.2, -0.15) is 0 Å². The number of hydrogen-bond acceptors (Lipinski definition) is 4. The van der Waals surface area contributed by atoms with E-state index in [1.807, 2.05) is 12.1 Å². The van der Waals surface area contributed by atoms with Gasteiger partial charge >= 0.3 is 12.0 Å². The van der Waals surface area contributed by atoms with Gasteiger partial charge in [-0.25, -0.2) is 9.59 Å². The van der Waals surface area contributed by atoms with Crippen molar-refractivity contribution in [2.24, 2.45) is 0 Å². The third kappa shape index (κ3) is 4.18. The van der Waals surface area contributed by atoms with Crippen molar-refractivity contribution in [1.29, 1.82) is 0 Å². The zero-order valence-electron chi connectivity index (χ0n) is 11.5. The molecule has 0 aromatic carbocycles. The Labute approximate surface area is 135 Å². The van der Waals surface area contributed by atoms with E-state index in [0.29, 0.717) is 19.5 Å². The minimum atomic E-state index is -0.994. The van der Waals surface area contributed by atoms with Crippen LogP contribution < -0.4 is 5.32 Å². The number of thiophene rings is 1. The Morgan fingerprint density at radius 3 is 2.90 bits per heavy atom. The molecule has 0 aliphatic carbocycles. The first-order valence-corrected chi connectivity index (χ1v) is 8.16. The lowest BCUT2D eigenvalue weighted by Crippen LogP contribution is -2.46. The predicted octanol–water partition coefficient (Wildman–Crippen LogP) is 1.94. The number of ether oxygens (including phenoxy) is 1. The Hall–Kier alpha value is -1.12. The zero-order chi connectivity index (χ0) is 15.4. The van der Waals surface area contributed by atoms with Gasteiger partial charge in [0.25, 0.3) is 0 Å². The van der Waals surface area contributed by atoms with Gasteiger partial charge in [0.15, 0.2) is 0 Å². The van der Waals surface area contributed by atoms with E-state index < -0.39 is 12.0 Å². The second-order valence-corrected chi connectivity index (χ2v) is 7.34. The first-order valence-electron chi connectivity index (χ1n) is 6.55. The number of amides is 2. The molecule has 1 fully saturated rings. The molecule has 2 unspecified atom stereocenters. The van der Waals surface area contributed by atoms with Crippen molar-refractivity contribution in [2.45, 2.75) is 25.0 Å². The molecule has 2 atom stereocenters. The summed E-state index contributed by atoms with van der Waals surface area (Å²) in [4.78, 5) is 25.8. The smallest absolute Gasteiger partial charge is 0.326 e. The van der Waals surface area contributed by atoms with Gasteiger partial charge in [-0.05, 0) is 34.5 Å². The summed E-state index contributed by atoms with van der Waals surface area (Å²) in [5.74, 6) is -0.994. The predicted molar refractivity (Wildman–Crippen MR) is 82.7 cm³/mol. The molecule has 0 radical (unpaired) electrons. The number of nitrogens with zero attached hydrogens (tertiary/aromatic N) is 1. The highest BCUT2D eigenvalue weighted by molar-refractivity contribution is 9.11. The number of halogens is 1. The van der Waals surface area contributed by atoms with Crippen LogP contribution in [0.5, 0.6) is 0 Å². The second-order valence-electron chi connectivity index (χ2n) is 4.79. The van der Waals surface area contributed by atoms with E-state index >= 15 is 0 Å². The molecule has 1 aromatic rings. The zero-order valence-corrected chi connectivity index (χ0v) is 13.9. The molecule has 21 heavy (non-hydrogen) atoms. The van der Waals surface area contributed by atoms with Gasteiger partial charge in [0.05, 0.1) is 9.89 Å². The van der Waals surface area contributed by atoms with Gasteiger partial charge in [0.1, 0.15) is 6.04 Å². The lowest BCUT2D eigenvalue weighted by Gasteiger charge is -2.21. The van der Waals surface area contributed by atoms with Crippen LogP contribution >= 0.6 is 27.3 Å². The van der Waals surface area contributed by atoms with Crippen molar-refractivity contribution in [1.82, 2.24) is 10.2 Å². The lowest BCUT2D eigenvalue weighted by molar-refractivity contribution is -0.141. The molecule has 0 bridgehead atoms. The van der Waals surface area contributed by atoms with E-state index in [4.69, 9.17) is 4.74 Å². The number of likely N-dealkylation sites (tertiary alicyclic amines) is 1. The van der Waals surface area contributed by atoms with Crippen molar-refractivity contribution in [3.05, 3.63) is 20.8 Å². The van der Waals surface area contributed by atoms with E-state index in [0.717, 1.165) is 15.1 Å². The molecule has 2 N–H and O–H groups in total. The highest BCUT2D eigenvalue weighted by atomic mass is 79.9. The summed E-state index contributed by atoms with van der Waals surface area (Å²) in [7, 11) is 1.53. The number of carboxylic acids is 1. The van der Waals surface area contributed by atoms with Crippen LogP contribution in [0.2, 0.25) is 0 Å². The monoisotopic (exact) mass is 376 g/mol. The maximum Gasteiger partial charge on any atom is 0.326 e. The van der Waals surface area contributed by atoms with Gasteiger partial charge < -0.3 is 20.1 Å². The molecule has 6 nitrogen and oxygen atoms in total. The molecule has 0 spiro atoms. The summed E-state index contributed by atoms with van der Waals surface area (Å²) >= 11 is 5.01. The minimum absolute atomic E-state index is 0.217. The molecule has 0 saturated carbocycles. The van der Waals surface area contributed by atoms with Crippen LogP contribution in [-0.2, 0) is 16.0 Å². The molecular weight excluding hydrogens is 360 g/mol. The van der Waals surface area contributed by atoms with E-state index in [9.17, 15) is 14.7 Å². The number of hydrogen-bond donors (Lipinski definition) is 2. The number of urea groups is 1. The van der Waals surface area contributed by atoms with Crippen LogP contribution in [0.25, 0.3) is 0 Å². The van der Waals surface area contributed by atoms with Crippen LogP contribution in [0, 0.1) is 0 Å². The van der Waals surface area contributed by atoms with Crippen molar-refractivity contribution < 1.29 is 19.4 Å². The molecule has 116 valence electrons. The number of nitrogens with one attached hydrogen (secondary N) is 1. The number of carbonyl (C=O) groups is 2. The fourth-order valence-corrected chi connectivity index (χ4v) is 3.79. The normalized spacial score (nSPS) is 21.5. The Kier molecular flexibility index (Phi) is 5.60. The summed E-state index contributed by atoms with van der Waals surface area (Å²) in [5.41, 5.74) is 0. The van der Waals surface area contributed by atoms with Crippen molar-refractivity contribution in [3.8, 4) is 0 Å². The number of rotatable bonds is 5. The average molecular weight is 377 g/mol. The molecule has 1 saturated heterocycles. The van der Waals surface area contributed by atoms with Gasteiger partial charge in [-0.3, -0.25) is 0 Å². The van der Waals surface area contributed by atoms with Gasteiger partial charge in [-0.15, -0.1) is 11.3 Å². The molecule has 1 aliphatic heterocycles. The molecule has 1 aromatic heterocycles. The Morgan fingerprint density at radius 2 is 2.33 bits per heavy atom. The van der Waals surface area contributed by atoms with E-state index in [1.165, 1.54) is 12.0 Å². The SMILES string of the molecule is COC1CC(C(=O)O)N(C(=O)NCCc2ccc(Br)s2)C1. The first kappa shape index (κ1) is 16.3. The number of methoxy groups -OCH3 is 1. The third-order valence-electron chi connectivity index (χ3n) is 3.42. The van der Waals surface area contributed by atoms with Crippen molar-refractivity contribution in [3.63, 3.8) is 0 Å². The Morgan fingerprint density at radius 1 is 1.57 bits per heavy atom. The molecule has 8 heteroatoms. The quantitative estimate of drug-likeness (QED) is 0.822. The van der Waals surface area contributed by atoms with E-state index in [-0.39, 0.29) is 12.1 Å². The van der Waals surface area contributed by atoms with E-state index in [1.54, 1.807) is 11.3 Å². The standard InChI is InChI=1S/C13H17BrN2O4S/c1-20-8-6-10(12(17)18)16(7-8)13(19)15-5-4-9-2-3-11(14)21-9/h2-3,8,10H,4-7H2,1H3,(H,15,19)(H,17,18). The second kappa shape index (κ2) is 7.24. The fraction of sp³-hybridized carbons (Fsp3) is 0.538. The molecular formula is C13H17BrN2O4S. The number of carboxylic acid groups (broad SMARTS) is 1. The van der Waals surface area contributed by atoms with Crippen LogP contribution in [0.15, 0.2) is 15.9 Å². The van der Waals surface area contributed by atoms with Crippen LogP contribution in [0.3, 0.4) is 0 Å². The fourth-order valence-electron chi connectivity index (χ4n) is 2.31. The van der Waals surface area contributed by atoms with E-state index in [2.05, 4.69) is 21.2 Å². The third-order valence-corrected chi connectivity index (χ3v) is 5.10. The van der Waals surface area contributed by atoms with Crippen molar-refractivity contribution in [2.75, 3.05) is 20.2 Å². The van der Waals surface area contributed by atoms with Crippen molar-refractivity contribution >= 4 is 39.3 Å². The summed E-state index contributed by atoms with van der Waals surface area (Å²) in [6.45, 7) is 0.788. The number of aliphatic carboxylic acids is 1. The Balaban J connectivity index is 1.85. The summed E-state index contributed by atoms with van der Waals surface area (Å²) in [5, 5.41) is 11.9. The Bertz CT molecular complexity index is 522. The summed E-state index contributed by atoms with van der Waals surface area (Å²) < 4.78 is 6.21. The van der Waals surface area contributed by atoms with Crippen LogP contribution in [-0.4, -0.2) is 54.4 Å². The lowest BCUT2D eigenvalue weighted by atomic mass is 10.2. The van der Waals surface area contributed by atoms with Crippen LogP contribution in [0.1, 0.15) is 11.3 Å². The topological polar surface area (TPSA) is 78.9 Å². The highest BCUT2D eigenvalue weighted by Crippen LogP contribution is 2.22.